The molecule has 0 aliphatic carbocycles. The number of hydrogen-bond donors (Lipinski definition) is 1. The van der Waals surface area contributed by atoms with E-state index in [-0.39, 0.29) is 0 Å². The third-order valence-corrected chi connectivity index (χ3v) is 3.25. The Hall–Kier alpha value is -1.96. The SMILES string of the molecule is Cc1cc(C)c(N(C)c2ccc(N)cc2)c(C)c1. The van der Waals surface area contributed by atoms with E-state index in [1.807, 2.05) is 24.3 Å². The quantitative estimate of drug-likeness (QED) is 0.805. The molecule has 0 aliphatic heterocycles. The molecule has 2 aromatic rings. The molecule has 18 heavy (non-hydrogen) atoms. The van der Waals surface area contributed by atoms with Crippen LogP contribution < -0.4 is 10.6 Å². The molecule has 94 valence electrons. The van der Waals surface area contributed by atoms with Crippen LogP contribution in [0.15, 0.2) is 36.4 Å². The van der Waals surface area contributed by atoms with Crippen molar-refractivity contribution < 1.29 is 0 Å². The molecule has 0 heterocycles. The lowest BCUT2D eigenvalue weighted by Gasteiger charge is -2.24. The van der Waals surface area contributed by atoms with Gasteiger partial charge in [-0.2, -0.15) is 0 Å². The number of nitrogen functional groups attached to an aromatic ring is 1. The zero-order valence-electron chi connectivity index (χ0n) is 11.5. The lowest BCUT2D eigenvalue weighted by atomic mass is 10.0. The van der Waals surface area contributed by atoms with E-state index < -0.39 is 0 Å². The average Bonchev–Trinajstić information content (AvgIpc) is 2.28. The maximum absolute atomic E-state index is 5.73. The smallest absolute Gasteiger partial charge is 0.0467 e. The van der Waals surface area contributed by atoms with Crippen molar-refractivity contribution in [2.45, 2.75) is 20.8 Å². The topological polar surface area (TPSA) is 29.3 Å². The number of benzene rings is 2. The van der Waals surface area contributed by atoms with E-state index in [1.54, 1.807) is 0 Å². The number of anilines is 3. The minimum Gasteiger partial charge on any atom is -0.399 e. The van der Waals surface area contributed by atoms with E-state index in [4.69, 9.17) is 5.73 Å². The molecule has 0 spiro atoms. The molecular weight excluding hydrogens is 220 g/mol. The van der Waals surface area contributed by atoms with Crippen LogP contribution in [0.1, 0.15) is 16.7 Å². The molecule has 0 saturated heterocycles. The van der Waals surface area contributed by atoms with Crippen molar-refractivity contribution in [1.82, 2.24) is 0 Å². The zero-order valence-corrected chi connectivity index (χ0v) is 11.5. The van der Waals surface area contributed by atoms with Gasteiger partial charge in [0, 0.05) is 24.1 Å². The van der Waals surface area contributed by atoms with E-state index >= 15 is 0 Å². The number of hydrogen-bond acceptors (Lipinski definition) is 2. The van der Waals surface area contributed by atoms with Crippen molar-refractivity contribution in [2.24, 2.45) is 0 Å². The summed E-state index contributed by atoms with van der Waals surface area (Å²) in [7, 11) is 2.09. The van der Waals surface area contributed by atoms with Gasteiger partial charge in [-0.05, 0) is 56.2 Å². The minimum absolute atomic E-state index is 0.796. The molecule has 2 N–H and O–H groups in total. The predicted octanol–water partition coefficient (Wildman–Crippen LogP) is 3.96. The van der Waals surface area contributed by atoms with Crippen LogP contribution in [0, 0.1) is 20.8 Å². The first-order valence-corrected chi connectivity index (χ1v) is 6.16. The normalized spacial score (nSPS) is 10.4. The lowest BCUT2D eigenvalue weighted by Crippen LogP contribution is -2.12. The van der Waals surface area contributed by atoms with Gasteiger partial charge in [-0.25, -0.2) is 0 Å². The Morgan fingerprint density at radius 1 is 0.889 bits per heavy atom. The van der Waals surface area contributed by atoms with Gasteiger partial charge < -0.3 is 10.6 Å². The van der Waals surface area contributed by atoms with Gasteiger partial charge in [0.1, 0.15) is 0 Å². The first kappa shape index (κ1) is 12.5. The van der Waals surface area contributed by atoms with Crippen LogP contribution in [0.2, 0.25) is 0 Å². The first-order chi connectivity index (χ1) is 8.49. The summed E-state index contributed by atoms with van der Waals surface area (Å²) in [4.78, 5) is 2.21. The standard InChI is InChI=1S/C16H20N2/c1-11-9-12(2)16(13(3)10-11)18(4)15-7-5-14(17)6-8-15/h5-10H,17H2,1-4H3. The average molecular weight is 240 g/mol. The van der Waals surface area contributed by atoms with Crippen LogP contribution in [0.4, 0.5) is 17.1 Å². The Labute approximate surface area is 109 Å². The third kappa shape index (κ3) is 2.33. The Bertz CT molecular complexity index is 533. The number of nitrogens with zero attached hydrogens (tertiary/aromatic N) is 1. The van der Waals surface area contributed by atoms with E-state index in [0.717, 1.165) is 11.4 Å². The summed E-state index contributed by atoms with van der Waals surface area (Å²) in [6, 6.07) is 12.4. The molecule has 0 atom stereocenters. The minimum atomic E-state index is 0.796. The van der Waals surface area contributed by atoms with Crippen molar-refractivity contribution >= 4 is 17.1 Å². The summed E-state index contributed by atoms with van der Waals surface area (Å²) in [6.45, 7) is 6.44. The molecule has 2 rings (SSSR count). The largest absolute Gasteiger partial charge is 0.399 e. The van der Waals surface area contributed by atoms with Crippen LogP contribution in [-0.4, -0.2) is 7.05 Å². The second-order valence-corrected chi connectivity index (χ2v) is 4.90. The lowest BCUT2D eigenvalue weighted by molar-refractivity contribution is 1.15. The molecule has 0 unspecified atom stereocenters. The molecular formula is C16H20N2. The highest BCUT2D eigenvalue weighted by atomic mass is 15.1. The number of nitrogens with two attached hydrogens (primary N) is 1. The molecule has 2 nitrogen and oxygen atoms in total. The van der Waals surface area contributed by atoms with E-state index in [0.29, 0.717) is 0 Å². The summed E-state index contributed by atoms with van der Waals surface area (Å²) in [5, 5.41) is 0. The maximum atomic E-state index is 5.73. The van der Waals surface area contributed by atoms with Crippen LogP contribution in [0.3, 0.4) is 0 Å². The summed E-state index contributed by atoms with van der Waals surface area (Å²) < 4.78 is 0. The molecule has 0 bridgehead atoms. The van der Waals surface area contributed by atoms with Gasteiger partial charge in [0.2, 0.25) is 0 Å². The van der Waals surface area contributed by atoms with Crippen LogP contribution in [-0.2, 0) is 0 Å². The van der Waals surface area contributed by atoms with E-state index in [2.05, 4.69) is 44.9 Å². The Morgan fingerprint density at radius 2 is 1.39 bits per heavy atom. The molecule has 0 aliphatic rings. The van der Waals surface area contributed by atoms with Gasteiger partial charge in [-0.3, -0.25) is 0 Å². The molecule has 0 saturated carbocycles. The summed E-state index contributed by atoms with van der Waals surface area (Å²) in [5.74, 6) is 0. The molecule has 2 aromatic carbocycles. The Morgan fingerprint density at radius 3 is 1.89 bits per heavy atom. The van der Waals surface area contributed by atoms with Gasteiger partial charge in [-0.1, -0.05) is 17.7 Å². The second kappa shape index (κ2) is 4.73. The van der Waals surface area contributed by atoms with Gasteiger partial charge in [-0.15, -0.1) is 0 Å². The fraction of sp³-hybridized carbons (Fsp3) is 0.250. The summed E-state index contributed by atoms with van der Waals surface area (Å²) in [6.07, 6.45) is 0. The second-order valence-electron chi connectivity index (χ2n) is 4.90. The highest BCUT2D eigenvalue weighted by molar-refractivity contribution is 5.70. The monoisotopic (exact) mass is 240 g/mol. The summed E-state index contributed by atoms with van der Waals surface area (Å²) >= 11 is 0. The van der Waals surface area contributed by atoms with Crippen LogP contribution in [0.5, 0.6) is 0 Å². The fourth-order valence-electron chi connectivity index (χ4n) is 2.53. The fourth-order valence-corrected chi connectivity index (χ4v) is 2.53. The first-order valence-electron chi connectivity index (χ1n) is 6.16. The number of rotatable bonds is 2. The van der Waals surface area contributed by atoms with Crippen molar-refractivity contribution in [2.75, 3.05) is 17.7 Å². The maximum Gasteiger partial charge on any atom is 0.0467 e. The summed E-state index contributed by atoms with van der Waals surface area (Å²) in [5.41, 5.74) is 12.8. The molecule has 2 heteroatoms. The van der Waals surface area contributed by atoms with Crippen LogP contribution in [0.25, 0.3) is 0 Å². The van der Waals surface area contributed by atoms with Gasteiger partial charge in [0.05, 0.1) is 0 Å². The molecule has 0 fully saturated rings. The van der Waals surface area contributed by atoms with Crippen molar-refractivity contribution in [1.29, 1.82) is 0 Å². The highest BCUT2D eigenvalue weighted by Gasteiger charge is 2.10. The van der Waals surface area contributed by atoms with Crippen molar-refractivity contribution in [3.05, 3.63) is 53.1 Å². The molecule has 0 amide bonds. The van der Waals surface area contributed by atoms with Gasteiger partial charge in [0.25, 0.3) is 0 Å². The van der Waals surface area contributed by atoms with Crippen LogP contribution >= 0.6 is 0 Å². The Balaban J connectivity index is 2.46. The van der Waals surface area contributed by atoms with Crippen molar-refractivity contribution in [3.63, 3.8) is 0 Å². The van der Waals surface area contributed by atoms with Gasteiger partial charge >= 0.3 is 0 Å². The highest BCUT2D eigenvalue weighted by Crippen LogP contribution is 2.31. The Kier molecular flexibility index (Phi) is 3.28. The molecule has 0 radical (unpaired) electrons. The number of aryl methyl sites for hydroxylation is 3. The van der Waals surface area contributed by atoms with Crippen molar-refractivity contribution in [3.8, 4) is 0 Å². The predicted molar refractivity (Wildman–Crippen MR) is 79.6 cm³/mol. The van der Waals surface area contributed by atoms with E-state index in [9.17, 15) is 0 Å². The third-order valence-electron chi connectivity index (χ3n) is 3.25. The molecule has 0 aromatic heterocycles. The van der Waals surface area contributed by atoms with Gasteiger partial charge in [0.15, 0.2) is 0 Å². The zero-order chi connectivity index (χ0) is 13.3. The van der Waals surface area contributed by atoms with E-state index in [1.165, 1.54) is 22.4 Å².